The minimum Gasteiger partial charge on any atom is -0.370 e. The molecule has 2 saturated heterocycles. The number of benzene rings is 2. The van der Waals surface area contributed by atoms with E-state index in [4.69, 9.17) is 14.2 Å². The van der Waals surface area contributed by atoms with E-state index < -0.39 is 11.2 Å². The van der Waals surface area contributed by atoms with E-state index in [1.165, 1.54) is 11.1 Å². The largest absolute Gasteiger partial charge is 0.370 e. The highest BCUT2D eigenvalue weighted by atomic mass is 16.6. The third-order valence-corrected chi connectivity index (χ3v) is 6.12. The monoisotopic (exact) mass is 390 g/mol. The van der Waals surface area contributed by atoms with Crippen molar-refractivity contribution in [3.8, 4) is 0 Å². The first-order chi connectivity index (χ1) is 14.2. The predicted octanol–water partition coefficient (Wildman–Crippen LogP) is 4.92. The molecule has 2 aromatic carbocycles. The Hall–Kier alpha value is -2.20. The van der Waals surface area contributed by atoms with Crippen molar-refractivity contribution in [3.63, 3.8) is 0 Å². The van der Waals surface area contributed by atoms with Crippen LogP contribution in [0.15, 0.2) is 86.0 Å². The van der Waals surface area contributed by atoms with E-state index in [0.29, 0.717) is 13.2 Å². The van der Waals surface area contributed by atoms with Gasteiger partial charge in [0.15, 0.2) is 0 Å². The minimum absolute atomic E-state index is 0.0403. The van der Waals surface area contributed by atoms with Crippen LogP contribution in [0.5, 0.6) is 0 Å². The van der Waals surface area contributed by atoms with Crippen molar-refractivity contribution in [1.82, 2.24) is 0 Å². The Morgan fingerprint density at radius 3 is 1.45 bits per heavy atom. The van der Waals surface area contributed by atoms with Gasteiger partial charge in [-0.2, -0.15) is 0 Å². The number of ether oxygens (including phenoxy) is 3. The van der Waals surface area contributed by atoms with Crippen LogP contribution in [-0.4, -0.2) is 36.6 Å². The number of rotatable bonds is 12. The maximum absolute atomic E-state index is 6.93. The highest BCUT2D eigenvalue weighted by Gasteiger charge is 2.54. The molecule has 3 nitrogen and oxygen atoms in total. The summed E-state index contributed by atoms with van der Waals surface area (Å²) < 4.78 is 18.4. The average Bonchev–Trinajstić information content (AvgIpc) is 3.67. The van der Waals surface area contributed by atoms with Gasteiger partial charge in [-0.25, -0.2) is 0 Å². The van der Waals surface area contributed by atoms with Gasteiger partial charge in [0.05, 0.1) is 13.2 Å². The maximum atomic E-state index is 6.93. The van der Waals surface area contributed by atoms with Crippen molar-refractivity contribution in [3.05, 3.63) is 97.1 Å². The highest BCUT2D eigenvalue weighted by molar-refractivity contribution is 5.21. The second-order valence-corrected chi connectivity index (χ2v) is 8.04. The molecule has 0 N–H and O–H groups in total. The molecule has 3 heteroatoms. The van der Waals surface area contributed by atoms with Gasteiger partial charge < -0.3 is 14.2 Å². The summed E-state index contributed by atoms with van der Waals surface area (Å²) >= 11 is 0. The van der Waals surface area contributed by atoms with E-state index in [-0.39, 0.29) is 12.2 Å². The summed E-state index contributed by atoms with van der Waals surface area (Å²) in [5.74, 6) is 0. The Morgan fingerprint density at radius 2 is 1.14 bits per heavy atom. The second-order valence-electron chi connectivity index (χ2n) is 8.04. The molecule has 2 fully saturated rings. The van der Waals surface area contributed by atoms with E-state index in [0.717, 1.165) is 25.7 Å². The molecule has 0 radical (unpaired) electrons. The van der Waals surface area contributed by atoms with Gasteiger partial charge in [-0.15, -0.1) is 13.2 Å². The molecule has 0 amide bonds. The number of hydrogen-bond acceptors (Lipinski definition) is 3. The molecule has 2 aliphatic heterocycles. The number of epoxide rings is 2. The average molecular weight is 391 g/mol. The first kappa shape index (κ1) is 20.1. The summed E-state index contributed by atoms with van der Waals surface area (Å²) in [5, 5.41) is 0. The molecule has 2 aliphatic rings. The molecule has 4 rings (SSSR count). The van der Waals surface area contributed by atoms with Crippen LogP contribution < -0.4 is 0 Å². The fourth-order valence-corrected chi connectivity index (χ4v) is 4.09. The molecule has 4 atom stereocenters. The molecular formula is C26H30O3. The van der Waals surface area contributed by atoms with E-state index >= 15 is 0 Å². The molecule has 29 heavy (non-hydrogen) atoms. The zero-order chi connectivity index (χ0) is 20.2. The fraction of sp³-hybridized carbons (Fsp3) is 0.385. The first-order valence-electron chi connectivity index (χ1n) is 10.5. The smallest absolute Gasteiger partial charge is 0.116 e. The molecule has 0 spiro atoms. The summed E-state index contributed by atoms with van der Waals surface area (Å²) in [4.78, 5) is 0. The van der Waals surface area contributed by atoms with Crippen molar-refractivity contribution in [2.24, 2.45) is 0 Å². The summed E-state index contributed by atoms with van der Waals surface area (Å²) in [6, 6.07) is 21.0. The lowest BCUT2D eigenvalue weighted by atomic mass is 9.86. The molecule has 0 aliphatic carbocycles. The third-order valence-electron chi connectivity index (χ3n) is 6.12. The Kier molecular flexibility index (Phi) is 6.00. The zero-order valence-corrected chi connectivity index (χ0v) is 17.0. The Morgan fingerprint density at radius 1 is 0.759 bits per heavy atom. The molecule has 4 unspecified atom stereocenters. The molecule has 2 aromatic rings. The second kappa shape index (κ2) is 8.66. The summed E-state index contributed by atoms with van der Waals surface area (Å²) in [7, 11) is 0. The lowest BCUT2D eigenvalue weighted by Crippen LogP contribution is -2.49. The third kappa shape index (κ3) is 4.69. The highest BCUT2D eigenvalue weighted by Crippen LogP contribution is 2.43. The van der Waals surface area contributed by atoms with Crippen LogP contribution in [-0.2, 0) is 27.1 Å². The molecular weight excluding hydrogens is 360 g/mol. The molecule has 152 valence electrons. The number of aryl methyl sites for hydroxylation is 2. The van der Waals surface area contributed by atoms with Gasteiger partial charge in [0, 0.05) is 0 Å². The number of hydrogen-bond donors (Lipinski definition) is 0. The van der Waals surface area contributed by atoms with Gasteiger partial charge in [0.2, 0.25) is 0 Å². The summed E-state index contributed by atoms with van der Waals surface area (Å²) in [6.07, 6.45) is 7.41. The van der Waals surface area contributed by atoms with Crippen LogP contribution in [0.3, 0.4) is 0 Å². The van der Waals surface area contributed by atoms with Gasteiger partial charge in [0.25, 0.3) is 0 Å². The van der Waals surface area contributed by atoms with Crippen LogP contribution >= 0.6 is 0 Å². The minimum atomic E-state index is -0.549. The Labute approximate surface area is 174 Å². The van der Waals surface area contributed by atoms with E-state index in [1.807, 2.05) is 24.3 Å². The van der Waals surface area contributed by atoms with Crippen molar-refractivity contribution in [1.29, 1.82) is 0 Å². The van der Waals surface area contributed by atoms with E-state index in [9.17, 15) is 0 Å². The van der Waals surface area contributed by atoms with Crippen LogP contribution in [0.25, 0.3) is 0 Å². The molecule has 0 saturated carbocycles. The summed E-state index contributed by atoms with van der Waals surface area (Å²) in [6.45, 7) is 9.70. The quantitative estimate of drug-likeness (QED) is 0.381. The van der Waals surface area contributed by atoms with E-state index in [2.05, 4.69) is 61.7 Å². The van der Waals surface area contributed by atoms with Crippen molar-refractivity contribution >= 4 is 0 Å². The van der Waals surface area contributed by atoms with Crippen LogP contribution in [0.4, 0.5) is 0 Å². The first-order valence-corrected chi connectivity index (χ1v) is 10.5. The molecule has 2 heterocycles. The SMILES string of the molecule is C=CC(CCc1ccccc1)(OC(C=C)(CCc1ccccc1)C1CO1)C1CO1. The maximum Gasteiger partial charge on any atom is 0.116 e. The Balaban J connectivity index is 1.54. The topological polar surface area (TPSA) is 34.3 Å². The van der Waals surface area contributed by atoms with Crippen LogP contribution in [0.1, 0.15) is 24.0 Å². The Bertz CT molecular complexity index is 741. The predicted molar refractivity (Wildman–Crippen MR) is 116 cm³/mol. The fourth-order valence-electron chi connectivity index (χ4n) is 4.09. The van der Waals surface area contributed by atoms with Crippen molar-refractivity contribution in [2.75, 3.05) is 13.2 Å². The van der Waals surface area contributed by atoms with Gasteiger partial charge >= 0.3 is 0 Å². The summed E-state index contributed by atoms with van der Waals surface area (Å²) in [5.41, 5.74) is 1.48. The molecule has 0 bridgehead atoms. The van der Waals surface area contributed by atoms with Gasteiger partial charge in [-0.3, -0.25) is 0 Å². The van der Waals surface area contributed by atoms with Crippen molar-refractivity contribution < 1.29 is 14.2 Å². The van der Waals surface area contributed by atoms with Gasteiger partial charge in [0.1, 0.15) is 23.4 Å². The molecule has 0 aromatic heterocycles. The zero-order valence-electron chi connectivity index (χ0n) is 17.0. The van der Waals surface area contributed by atoms with Crippen LogP contribution in [0, 0.1) is 0 Å². The van der Waals surface area contributed by atoms with E-state index in [1.54, 1.807) is 0 Å². The van der Waals surface area contributed by atoms with Gasteiger partial charge in [-0.05, 0) is 36.8 Å². The normalized spacial score (nSPS) is 24.1. The standard InChI is InChI=1S/C26H30O3/c1-3-25(23-19-27-23,17-15-21-11-7-5-8-12-21)29-26(4-2,24-20-28-24)18-16-22-13-9-6-10-14-22/h3-14,23-24H,1-2,15-20H2. The van der Waals surface area contributed by atoms with Crippen LogP contribution in [0.2, 0.25) is 0 Å². The lowest BCUT2D eigenvalue weighted by molar-refractivity contribution is -0.135. The van der Waals surface area contributed by atoms with Crippen molar-refractivity contribution in [2.45, 2.75) is 49.1 Å². The lowest BCUT2D eigenvalue weighted by Gasteiger charge is -2.40. The van der Waals surface area contributed by atoms with Gasteiger partial charge in [-0.1, -0.05) is 72.8 Å².